The van der Waals surface area contributed by atoms with Crippen molar-refractivity contribution in [2.75, 3.05) is 25.5 Å². The van der Waals surface area contributed by atoms with E-state index in [2.05, 4.69) is 36.1 Å². The van der Waals surface area contributed by atoms with Crippen LogP contribution in [0.25, 0.3) is 0 Å². The highest BCUT2D eigenvalue weighted by molar-refractivity contribution is 5.31. The van der Waals surface area contributed by atoms with Crippen LogP contribution in [0.3, 0.4) is 0 Å². The van der Waals surface area contributed by atoms with E-state index in [1.165, 1.54) is 0 Å². The Kier molecular flexibility index (Phi) is 5.11. The summed E-state index contributed by atoms with van der Waals surface area (Å²) in [7, 11) is 2.07. The van der Waals surface area contributed by atoms with E-state index in [-0.39, 0.29) is 11.1 Å². The van der Waals surface area contributed by atoms with Crippen LogP contribution in [0.4, 0.5) is 5.82 Å². The van der Waals surface area contributed by atoms with E-state index >= 15 is 0 Å². The van der Waals surface area contributed by atoms with Crippen LogP contribution in [0.15, 0.2) is 17.2 Å². The second-order valence-corrected chi connectivity index (χ2v) is 6.12. The van der Waals surface area contributed by atoms with Gasteiger partial charge in [0.15, 0.2) is 5.82 Å². The van der Waals surface area contributed by atoms with Gasteiger partial charge in [0.2, 0.25) is 0 Å². The zero-order valence-electron chi connectivity index (χ0n) is 12.9. The quantitative estimate of drug-likeness (QED) is 0.882. The van der Waals surface area contributed by atoms with E-state index in [1.807, 2.05) is 20.8 Å². The second-order valence-electron chi connectivity index (χ2n) is 6.12. The largest absolute Gasteiger partial charge is 0.364 e. The average Bonchev–Trinajstić information content (AvgIpc) is 2.29. The van der Waals surface area contributed by atoms with Gasteiger partial charge in [0, 0.05) is 37.1 Å². The molecule has 0 aliphatic carbocycles. The van der Waals surface area contributed by atoms with Crippen LogP contribution < -0.4 is 10.9 Å². The molecule has 0 aliphatic rings. The van der Waals surface area contributed by atoms with Crippen LogP contribution in [-0.4, -0.2) is 40.6 Å². The lowest BCUT2D eigenvalue weighted by Gasteiger charge is -2.23. The van der Waals surface area contributed by atoms with Crippen molar-refractivity contribution in [1.29, 1.82) is 0 Å². The molecule has 5 heteroatoms. The number of nitrogens with one attached hydrogen (secondary N) is 1. The number of hydrogen-bond donors (Lipinski definition) is 1. The molecule has 0 amide bonds. The summed E-state index contributed by atoms with van der Waals surface area (Å²) >= 11 is 0. The number of anilines is 1. The molecule has 0 saturated carbocycles. The summed E-state index contributed by atoms with van der Waals surface area (Å²) in [4.78, 5) is 18.6. The first-order chi connectivity index (χ1) is 8.73. The van der Waals surface area contributed by atoms with Crippen LogP contribution >= 0.6 is 0 Å². The van der Waals surface area contributed by atoms with E-state index in [1.54, 1.807) is 17.0 Å². The molecule has 0 radical (unpaired) electrons. The van der Waals surface area contributed by atoms with Gasteiger partial charge in [-0.25, -0.2) is 4.98 Å². The highest BCUT2D eigenvalue weighted by atomic mass is 16.1. The molecule has 0 unspecified atom stereocenters. The van der Waals surface area contributed by atoms with Crippen molar-refractivity contribution in [1.82, 2.24) is 14.5 Å². The Labute approximate surface area is 115 Å². The van der Waals surface area contributed by atoms with Crippen molar-refractivity contribution in [3.63, 3.8) is 0 Å². The molecule has 0 saturated heterocycles. The minimum atomic E-state index is -0.231. The molecule has 5 nitrogen and oxygen atoms in total. The van der Waals surface area contributed by atoms with Crippen molar-refractivity contribution in [3.05, 3.63) is 22.7 Å². The smallest absolute Gasteiger partial charge is 0.293 e. The third-order valence-electron chi connectivity index (χ3n) is 3.20. The molecule has 1 aromatic rings. The van der Waals surface area contributed by atoms with Crippen LogP contribution in [0.2, 0.25) is 0 Å². The Morgan fingerprint density at radius 3 is 2.58 bits per heavy atom. The first kappa shape index (κ1) is 15.7. The van der Waals surface area contributed by atoms with Gasteiger partial charge in [-0.3, -0.25) is 4.79 Å². The first-order valence-electron chi connectivity index (χ1n) is 6.75. The van der Waals surface area contributed by atoms with Gasteiger partial charge < -0.3 is 14.8 Å². The zero-order chi connectivity index (χ0) is 14.6. The predicted octanol–water partition coefficient (Wildman–Crippen LogP) is 1.75. The number of likely N-dealkylation sites (N-methyl/N-ethyl adjacent to an activating group) is 1. The van der Waals surface area contributed by atoms with Crippen molar-refractivity contribution < 1.29 is 0 Å². The van der Waals surface area contributed by atoms with Crippen LogP contribution in [0, 0.1) is 0 Å². The molecule has 0 fully saturated rings. The Morgan fingerprint density at radius 2 is 2.05 bits per heavy atom. The van der Waals surface area contributed by atoms with Gasteiger partial charge in [-0.2, -0.15) is 0 Å². The lowest BCUT2D eigenvalue weighted by atomic mass is 10.1. The Bertz CT molecular complexity index is 459. The maximum Gasteiger partial charge on any atom is 0.293 e. The summed E-state index contributed by atoms with van der Waals surface area (Å²) in [5.41, 5.74) is -0.298. The standard InChI is InChI=1S/C14H26N4O/c1-11(2)17(6)9-7-15-12-13(19)18(10-8-16-12)14(3,4)5/h8,10-11H,7,9H2,1-6H3,(H,15,16). The number of nitrogens with zero attached hydrogens (tertiary/aromatic N) is 3. The summed E-state index contributed by atoms with van der Waals surface area (Å²) in [6, 6.07) is 0.497. The second kappa shape index (κ2) is 6.19. The fourth-order valence-electron chi connectivity index (χ4n) is 1.67. The van der Waals surface area contributed by atoms with Gasteiger partial charge in [0.25, 0.3) is 5.56 Å². The monoisotopic (exact) mass is 266 g/mol. The first-order valence-corrected chi connectivity index (χ1v) is 6.75. The molecule has 0 atom stereocenters. The minimum absolute atomic E-state index is 0.0674. The van der Waals surface area contributed by atoms with Crippen LogP contribution in [0.1, 0.15) is 34.6 Å². The van der Waals surface area contributed by atoms with Gasteiger partial charge in [0.1, 0.15) is 0 Å². The normalized spacial score (nSPS) is 12.2. The highest BCUT2D eigenvalue weighted by Gasteiger charge is 2.16. The van der Waals surface area contributed by atoms with E-state index in [0.29, 0.717) is 18.4 Å². The Hall–Kier alpha value is -1.36. The van der Waals surface area contributed by atoms with E-state index in [0.717, 1.165) is 6.54 Å². The lowest BCUT2D eigenvalue weighted by Crippen LogP contribution is -2.36. The number of aromatic nitrogens is 2. The van der Waals surface area contributed by atoms with Gasteiger partial charge in [0.05, 0.1) is 0 Å². The van der Waals surface area contributed by atoms with E-state index in [9.17, 15) is 4.79 Å². The average molecular weight is 266 g/mol. The van der Waals surface area contributed by atoms with E-state index in [4.69, 9.17) is 0 Å². The van der Waals surface area contributed by atoms with Gasteiger partial charge in [-0.1, -0.05) is 0 Å². The molecular weight excluding hydrogens is 240 g/mol. The van der Waals surface area contributed by atoms with Crippen molar-refractivity contribution in [2.24, 2.45) is 0 Å². The third kappa shape index (κ3) is 4.35. The van der Waals surface area contributed by atoms with Gasteiger partial charge in [-0.05, 0) is 41.7 Å². The topological polar surface area (TPSA) is 50.2 Å². The molecule has 108 valence electrons. The van der Waals surface area contributed by atoms with Crippen molar-refractivity contribution in [3.8, 4) is 0 Å². The maximum atomic E-state index is 12.2. The van der Waals surface area contributed by atoms with Crippen molar-refractivity contribution >= 4 is 5.82 Å². The third-order valence-corrected chi connectivity index (χ3v) is 3.20. The summed E-state index contributed by atoms with van der Waals surface area (Å²) in [6.07, 6.45) is 3.40. The molecule has 19 heavy (non-hydrogen) atoms. The summed E-state index contributed by atoms with van der Waals surface area (Å²) in [5.74, 6) is 0.426. The molecule has 0 spiro atoms. The molecule has 1 aromatic heterocycles. The van der Waals surface area contributed by atoms with Gasteiger partial charge >= 0.3 is 0 Å². The fourth-order valence-corrected chi connectivity index (χ4v) is 1.67. The van der Waals surface area contributed by atoms with Gasteiger partial charge in [-0.15, -0.1) is 0 Å². The lowest BCUT2D eigenvalue weighted by molar-refractivity contribution is 0.284. The SMILES string of the molecule is CC(C)N(C)CCNc1nccn(C(C)(C)C)c1=O. The predicted molar refractivity (Wildman–Crippen MR) is 79.7 cm³/mol. The maximum absolute atomic E-state index is 12.2. The summed E-state index contributed by atoms with van der Waals surface area (Å²) in [5, 5.41) is 3.13. The highest BCUT2D eigenvalue weighted by Crippen LogP contribution is 2.10. The fraction of sp³-hybridized carbons (Fsp3) is 0.714. The molecule has 1 heterocycles. The van der Waals surface area contributed by atoms with Crippen molar-refractivity contribution in [2.45, 2.75) is 46.2 Å². The molecular formula is C14H26N4O. The number of hydrogen-bond acceptors (Lipinski definition) is 4. The van der Waals surface area contributed by atoms with Crippen LogP contribution in [-0.2, 0) is 5.54 Å². The summed E-state index contributed by atoms with van der Waals surface area (Å²) < 4.78 is 1.70. The van der Waals surface area contributed by atoms with E-state index < -0.39 is 0 Å². The number of rotatable bonds is 5. The molecule has 0 aromatic carbocycles. The summed E-state index contributed by atoms with van der Waals surface area (Å²) in [6.45, 7) is 11.9. The molecule has 0 bridgehead atoms. The molecule has 1 N–H and O–H groups in total. The minimum Gasteiger partial charge on any atom is -0.364 e. The molecule has 1 rings (SSSR count). The zero-order valence-corrected chi connectivity index (χ0v) is 12.9. The molecule has 0 aliphatic heterocycles. The Morgan fingerprint density at radius 1 is 1.42 bits per heavy atom. The Balaban J connectivity index is 2.73. The van der Waals surface area contributed by atoms with Crippen LogP contribution in [0.5, 0.6) is 0 Å².